The molecule has 1 N–H and O–H groups in total. The quantitative estimate of drug-likeness (QED) is 0.892. The van der Waals surface area contributed by atoms with Crippen LogP contribution in [0.1, 0.15) is 35.2 Å². The van der Waals surface area contributed by atoms with Gasteiger partial charge in [-0.05, 0) is 55.2 Å². The highest BCUT2D eigenvalue weighted by molar-refractivity contribution is 6.30. The van der Waals surface area contributed by atoms with Gasteiger partial charge in [0.15, 0.2) is 0 Å². The number of benzene rings is 2. The van der Waals surface area contributed by atoms with Crippen molar-refractivity contribution in [3.8, 4) is 0 Å². The molecule has 0 aromatic heterocycles. The second kappa shape index (κ2) is 6.77. The fourth-order valence-electron chi connectivity index (χ4n) is 2.25. The molecule has 0 aliphatic carbocycles. The van der Waals surface area contributed by atoms with E-state index in [4.69, 9.17) is 11.6 Å². The number of rotatable bonds is 4. The summed E-state index contributed by atoms with van der Waals surface area (Å²) in [5.41, 5.74) is 4.50. The molecular weight excluding hydrogens is 282 g/mol. The molecule has 0 saturated carbocycles. The van der Waals surface area contributed by atoms with Crippen LogP contribution in [0.5, 0.6) is 0 Å². The van der Waals surface area contributed by atoms with E-state index in [1.54, 1.807) is 0 Å². The van der Waals surface area contributed by atoms with Crippen LogP contribution in [0.3, 0.4) is 0 Å². The van der Waals surface area contributed by atoms with Gasteiger partial charge in [-0.1, -0.05) is 41.9 Å². The number of carbonyl (C=O) groups is 1. The van der Waals surface area contributed by atoms with Crippen LogP contribution in [0, 0.1) is 13.8 Å². The Morgan fingerprint density at radius 2 is 1.90 bits per heavy atom. The van der Waals surface area contributed by atoms with Crippen LogP contribution in [0.4, 0.5) is 0 Å². The van der Waals surface area contributed by atoms with E-state index in [9.17, 15) is 4.79 Å². The first kappa shape index (κ1) is 15.6. The van der Waals surface area contributed by atoms with Gasteiger partial charge in [0, 0.05) is 5.02 Å². The molecule has 0 saturated heterocycles. The van der Waals surface area contributed by atoms with Gasteiger partial charge in [0.2, 0.25) is 5.91 Å². The molecule has 0 bridgehead atoms. The predicted octanol–water partition coefficient (Wildman–Crippen LogP) is 4.38. The number of carbonyl (C=O) groups excluding carboxylic acids is 1. The third kappa shape index (κ3) is 4.33. The van der Waals surface area contributed by atoms with Crippen LogP contribution < -0.4 is 5.32 Å². The summed E-state index contributed by atoms with van der Waals surface area (Å²) in [6, 6.07) is 13.6. The average molecular weight is 302 g/mol. The molecule has 0 fully saturated rings. The minimum atomic E-state index is -0.0530. The van der Waals surface area contributed by atoms with E-state index >= 15 is 0 Å². The van der Waals surface area contributed by atoms with E-state index in [0.29, 0.717) is 11.4 Å². The Labute approximate surface area is 131 Å². The van der Waals surface area contributed by atoms with Gasteiger partial charge in [0.1, 0.15) is 0 Å². The van der Waals surface area contributed by atoms with Crippen molar-refractivity contribution < 1.29 is 4.79 Å². The van der Waals surface area contributed by atoms with Crippen molar-refractivity contribution in [2.75, 3.05) is 0 Å². The van der Waals surface area contributed by atoms with Gasteiger partial charge in [-0.15, -0.1) is 0 Å². The number of nitrogens with one attached hydrogen (secondary N) is 1. The predicted molar refractivity (Wildman–Crippen MR) is 87.6 cm³/mol. The van der Waals surface area contributed by atoms with E-state index in [1.807, 2.05) is 37.3 Å². The minimum Gasteiger partial charge on any atom is -0.349 e. The second-order valence-corrected chi connectivity index (χ2v) is 5.88. The lowest BCUT2D eigenvalue weighted by molar-refractivity contribution is -0.121. The Bertz CT molecular complexity index is 651. The number of halogens is 1. The molecule has 2 aromatic rings. The Morgan fingerprint density at radius 3 is 2.57 bits per heavy atom. The molecule has 2 rings (SSSR count). The Morgan fingerprint density at radius 1 is 1.14 bits per heavy atom. The zero-order valence-corrected chi connectivity index (χ0v) is 13.4. The molecule has 1 atom stereocenters. The van der Waals surface area contributed by atoms with Crippen LogP contribution in [-0.2, 0) is 11.2 Å². The summed E-state index contributed by atoms with van der Waals surface area (Å²) in [5, 5.41) is 3.69. The maximum Gasteiger partial charge on any atom is 0.224 e. The summed E-state index contributed by atoms with van der Waals surface area (Å²) in [6.45, 7) is 6.09. The van der Waals surface area contributed by atoms with Crippen LogP contribution >= 0.6 is 11.6 Å². The van der Waals surface area contributed by atoms with E-state index < -0.39 is 0 Å². The number of aryl methyl sites for hydroxylation is 2. The van der Waals surface area contributed by atoms with E-state index in [0.717, 1.165) is 11.1 Å². The van der Waals surface area contributed by atoms with Crippen molar-refractivity contribution in [3.05, 3.63) is 69.7 Å². The monoisotopic (exact) mass is 301 g/mol. The van der Waals surface area contributed by atoms with Gasteiger partial charge in [0.05, 0.1) is 12.5 Å². The molecule has 0 aliphatic rings. The first-order valence-corrected chi connectivity index (χ1v) is 7.44. The summed E-state index contributed by atoms with van der Waals surface area (Å²) >= 11 is 5.97. The molecule has 3 heteroatoms. The van der Waals surface area contributed by atoms with Gasteiger partial charge in [-0.2, -0.15) is 0 Å². The molecule has 21 heavy (non-hydrogen) atoms. The first-order valence-electron chi connectivity index (χ1n) is 7.06. The third-order valence-corrected chi connectivity index (χ3v) is 3.90. The Balaban J connectivity index is 1.99. The number of amides is 1. The van der Waals surface area contributed by atoms with E-state index in [-0.39, 0.29) is 11.9 Å². The zero-order valence-electron chi connectivity index (χ0n) is 12.6. The zero-order chi connectivity index (χ0) is 15.4. The normalized spacial score (nSPS) is 12.0. The van der Waals surface area contributed by atoms with Gasteiger partial charge in [0.25, 0.3) is 0 Å². The van der Waals surface area contributed by atoms with Crippen LogP contribution in [0.2, 0.25) is 5.02 Å². The lowest BCUT2D eigenvalue weighted by atomic mass is 10.0. The highest BCUT2D eigenvalue weighted by atomic mass is 35.5. The van der Waals surface area contributed by atoms with Crippen molar-refractivity contribution >= 4 is 17.5 Å². The van der Waals surface area contributed by atoms with Crippen molar-refractivity contribution in [1.29, 1.82) is 0 Å². The Kier molecular flexibility index (Phi) is 5.03. The maximum absolute atomic E-state index is 12.1. The van der Waals surface area contributed by atoms with Crippen LogP contribution in [0.25, 0.3) is 0 Å². The molecule has 0 radical (unpaired) electrons. The lowest BCUT2D eigenvalue weighted by Crippen LogP contribution is -2.28. The molecule has 0 spiro atoms. The molecular formula is C18H20ClNO. The summed E-state index contributed by atoms with van der Waals surface area (Å²) in [5.74, 6) is 0.0192. The third-order valence-electron chi connectivity index (χ3n) is 3.66. The standard InChI is InChI=1S/C18H20ClNO/c1-12-7-8-15(9-13(12)2)10-18(21)20-14(3)16-5-4-6-17(19)11-16/h4-9,11,14H,10H2,1-3H3,(H,20,21)/t14-/m0/s1. The fourth-order valence-corrected chi connectivity index (χ4v) is 2.45. The van der Waals surface area contributed by atoms with E-state index in [2.05, 4.69) is 31.3 Å². The first-order chi connectivity index (χ1) is 9.95. The molecule has 1 amide bonds. The maximum atomic E-state index is 12.1. The van der Waals surface area contributed by atoms with Gasteiger partial charge < -0.3 is 5.32 Å². The fraction of sp³-hybridized carbons (Fsp3) is 0.278. The van der Waals surface area contributed by atoms with E-state index in [1.165, 1.54) is 11.1 Å². The highest BCUT2D eigenvalue weighted by Crippen LogP contribution is 2.17. The average Bonchev–Trinajstić information content (AvgIpc) is 2.43. The SMILES string of the molecule is Cc1ccc(CC(=O)N[C@@H](C)c2cccc(Cl)c2)cc1C. The summed E-state index contributed by atoms with van der Waals surface area (Å²) < 4.78 is 0. The van der Waals surface area contributed by atoms with Gasteiger partial charge >= 0.3 is 0 Å². The van der Waals surface area contributed by atoms with Gasteiger partial charge in [-0.3, -0.25) is 4.79 Å². The molecule has 2 aromatic carbocycles. The lowest BCUT2D eigenvalue weighted by Gasteiger charge is -2.15. The Hall–Kier alpha value is -1.80. The van der Waals surface area contributed by atoms with Crippen LogP contribution in [-0.4, -0.2) is 5.91 Å². The van der Waals surface area contributed by atoms with Crippen LogP contribution in [0.15, 0.2) is 42.5 Å². The van der Waals surface area contributed by atoms with Gasteiger partial charge in [-0.25, -0.2) is 0 Å². The summed E-state index contributed by atoms with van der Waals surface area (Å²) in [4.78, 5) is 12.1. The highest BCUT2D eigenvalue weighted by Gasteiger charge is 2.10. The summed E-state index contributed by atoms with van der Waals surface area (Å²) in [6.07, 6.45) is 0.395. The van der Waals surface area contributed by atoms with Crippen molar-refractivity contribution in [2.45, 2.75) is 33.2 Å². The molecule has 0 aliphatic heterocycles. The van der Waals surface area contributed by atoms with Crippen molar-refractivity contribution in [1.82, 2.24) is 5.32 Å². The minimum absolute atomic E-state index is 0.0192. The topological polar surface area (TPSA) is 29.1 Å². The van der Waals surface area contributed by atoms with Crippen molar-refractivity contribution in [2.24, 2.45) is 0 Å². The summed E-state index contributed by atoms with van der Waals surface area (Å²) in [7, 11) is 0. The molecule has 110 valence electrons. The molecule has 2 nitrogen and oxygen atoms in total. The smallest absolute Gasteiger partial charge is 0.224 e. The molecule has 0 heterocycles. The van der Waals surface area contributed by atoms with Crippen molar-refractivity contribution in [3.63, 3.8) is 0 Å². The number of hydrogen-bond donors (Lipinski definition) is 1. The second-order valence-electron chi connectivity index (χ2n) is 5.44. The number of hydrogen-bond acceptors (Lipinski definition) is 1. The largest absolute Gasteiger partial charge is 0.349 e. The molecule has 0 unspecified atom stereocenters.